The molecule has 0 atom stereocenters. The molecule has 0 bridgehead atoms. The first-order valence-electron chi connectivity index (χ1n) is 7.75. The van der Waals surface area contributed by atoms with E-state index in [0.29, 0.717) is 12.6 Å². The molecule has 1 saturated carbocycles. The second-order valence-corrected chi connectivity index (χ2v) is 5.59. The monoisotopic (exact) mass is 300 g/mol. The molecule has 0 spiro atoms. The largest absolute Gasteiger partial charge is 0.490 e. The Bertz CT molecular complexity index is 587. The molecule has 1 aromatic heterocycles. The van der Waals surface area contributed by atoms with Crippen molar-refractivity contribution in [2.45, 2.75) is 44.8 Å². The summed E-state index contributed by atoms with van der Waals surface area (Å²) < 4.78 is 10.6. The van der Waals surface area contributed by atoms with Crippen molar-refractivity contribution in [3.63, 3.8) is 0 Å². The Balaban J connectivity index is 1.49. The highest BCUT2D eigenvalue weighted by Gasteiger charge is 2.14. The minimum absolute atomic E-state index is 0.240. The van der Waals surface area contributed by atoms with Crippen molar-refractivity contribution in [3.05, 3.63) is 47.9 Å². The first-order valence-corrected chi connectivity index (χ1v) is 7.75. The lowest BCUT2D eigenvalue weighted by atomic mass is 9.98. The van der Waals surface area contributed by atoms with Crippen molar-refractivity contribution in [1.29, 1.82) is 0 Å². The molecule has 1 heterocycles. The minimum Gasteiger partial charge on any atom is -0.490 e. The number of carbonyl (C=O) groups is 1. The highest BCUT2D eigenvalue weighted by Crippen LogP contribution is 2.23. The summed E-state index contributed by atoms with van der Waals surface area (Å²) in [5.74, 6) is 0.662. The molecule has 1 aliphatic carbocycles. The van der Waals surface area contributed by atoms with E-state index in [0.717, 1.165) is 24.2 Å². The molecule has 1 N–H and O–H groups in total. The van der Waals surface area contributed by atoms with Crippen molar-refractivity contribution in [3.8, 4) is 5.75 Å². The average molecular weight is 300 g/mol. The van der Waals surface area contributed by atoms with Gasteiger partial charge in [-0.2, -0.15) is 0 Å². The van der Waals surface area contributed by atoms with E-state index in [9.17, 15) is 4.79 Å². The van der Waals surface area contributed by atoms with Crippen LogP contribution in [0.3, 0.4) is 0 Å². The van der Waals surface area contributed by atoms with Gasteiger partial charge in [-0.25, -0.2) is 0 Å². The molecular weight excluding hydrogens is 280 g/mol. The van der Waals surface area contributed by atoms with Gasteiger partial charge in [0.1, 0.15) is 12.0 Å². The molecule has 5 heteroatoms. The molecule has 22 heavy (non-hydrogen) atoms. The molecule has 0 aliphatic heterocycles. The Labute approximate surface area is 129 Å². The second kappa shape index (κ2) is 7.11. The number of amides is 1. The first kappa shape index (κ1) is 14.6. The minimum atomic E-state index is -0.240. The smallest absolute Gasteiger partial charge is 0.273 e. The van der Waals surface area contributed by atoms with Crippen LogP contribution >= 0.6 is 0 Å². The van der Waals surface area contributed by atoms with Gasteiger partial charge in [-0.3, -0.25) is 4.79 Å². The molecule has 1 fully saturated rings. The Morgan fingerprint density at radius 3 is 2.64 bits per heavy atom. The first-order chi connectivity index (χ1) is 10.8. The topological polar surface area (TPSA) is 64.4 Å². The lowest BCUT2D eigenvalue weighted by molar-refractivity contribution is 0.0942. The normalized spacial score (nSPS) is 15.5. The molecule has 1 aliphatic rings. The van der Waals surface area contributed by atoms with Crippen LogP contribution in [-0.4, -0.2) is 17.2 Å². The second-order valence-electron chi connectivity index (χ2n) is 5.59. The van der Waals surface area contributed by atoms with Gasteiger partial charge in [0.25, 0.3) is 5.91 Å². The van der Waals surface area contributed by atoms with Gasteiger partial charge < -0.3 is 14.6 Å². The Kier molecular flexibility index (Phi) is 4.73. The third kappa shape index (κ3) is 3.87. The quantitative estimate of drug-likeness (QED) is 0.920. The summed E-state index contributed by atoms with van der Waals surface area (Å²) in [6, 6.07) is 9.41. The van der Waals surface area contributed by atoms with E-state index in [4.69, 9.17) is 4.74 Å². The number of aromatic nitrogens is 1. The summed E-state index contributed by atoms with van der Waals surface area (Å²) in [6.07, 6.45) is 7.88. The SMILES string of the molecule is O=C(NCc1ccc(OC2CCCCC2)cc1)c1ccon1. The zero-order valence-electron chi connectivity index (χ0n) is 12.5. The van der Waals surface area contributed by atoms with Gasteiger partial charge in [0.05, 0.1) is 6.10 Å². The van der Waals surface area contributed by atoms with E-state index in [-0.39, 0.29) is 11.6 Å². The number of nitrogens with zero attached hydrogens (tertiary/aromatic N) is 1. The van der Waals surface area contributed by atoms with Crippen LogP contribution in [0.1, 0.15) is 48.2 Å². The molecule has 1 aromatic carbocycles. The lowest BCUT2D eigenvalue weighted by Crippen LogP contribution is -2.23. The standard InChI is InChI=1S/C17H20N2O3/c20-17(16-10-11-21-19-16)18-12-13-6-8-15(9-7-13)22-14-4-2-1-3-5-14/h6-11,14H,1-5,12H2,(H,18,20). The molecule has 0 unspecified atom stereocenters. The number of hydrogen-bond acceptors (Lipinski definition) is 4. The van der Waals surface area contributed by atoms with Gasteiger partial charge in [-0.05, 0) is 43.4 Å². The third-order valence-corrected chi connectivity index (χ3v) is 3.90. The molecular formula is C17H20N2O3. The van der Waals surface area contributed by atoms with Gasteiger partial charge >= 0.3 is 0 Å². The van der Waals surface area contributed by atoms with Crippen LogP contribution in [0.4, 0.5) is 0 Å². The van der Waals surface area contributed by atoms with Crippen molar-refractivity contribution in [2.24, 2.45) is 0 Å². The maximum atomic E-state index is 11.8. The lowest BCUT2D eigenvalue weighted by Gasteiger charge is -2.23. The van der Waals surface area contributed by atoms with E-state index in [1.165, 1.54) is 31.6 Å². The van der Waals surface area contributed by atoms with Gasteiger partial charge in [0, 0.05) is 12.6 Å². The molecule has 5 nitrogen and oxygen atoms in total. The number of rotatable bonds is 5. The fourth-order valence-electron chi connectivity index (χ4n) is 2.66. The van der Waals surface area contributed by atoms with Crippen LogP contribution in [0, 0.1) is 0 Å². The van der Waals surface area contributed by atoms with Gasteiger partial charge in [0.15, 0.2) is 5.69 Å². The van der Waals surface area contributed by atoms with Gasteiger partial charge in [-0.15, -0.1) is 0 Å². The van der Waals surface area contributed by atoms with E-state index in [1.54, 1.807) is 0 Å². The number of nitrogens with one attached hydrogen (secondary N) is 1. The van der Waals surface area contributed by atoms with Crippen LogP contribution < -0.4 is 10.1 Å². The molecule has 2 aromatic rings. The molecule has 0 saturated heterocycles. The Morgan fingerprint density at radius 2 is 1.95 bits per heavy atom. The number of carbonyl (C=O) groups excluding carboxylic acids is 1. The predicted octanol–water partition coefficient (Wildman–Crippen LogP) is 3.32. The van der Waals surface area contributed by atoms with Crippen LogP contribution in [0.15, 0.2) is 41.1 Å². The summed E-state index contributed by atoms with van der Waals surface area (Å²) >= 11 is 0. The van der Waals surface area contributed by atoms with Crippen molar-refractivity contribution in [2.75, 3.05) is 0 Å². The van der Waals surface area contributed by atoms with Crippen LogP contribution in [-0.2, 0) is 6.54 Å². The van der Waals surface area contributed by atoms with E-state index >= 15 is 0 Å². The summed E-state index contributed by atoms with van der Waals surface area (Å²) in [5, 5.41) is 6.40. The Hall–Kier alpha value is -2.30. The summed E-state index contributed by atoms with van der Waals surface area (Å²) in [5.41, 5.74) is 1.31. The van der Waals surface area contributed by atoms with Crippen molar-refractivity contribution < 1.29 is 14.1 Å². The molecule has 0 radical (unpaired) electrons. The highest BCUT2D eigenvalue weighted by atomic mass is 16.5. The van der Waals surface area contributed by atoms with Gasteiger partial charge in [-0.1, -0.05) is 23.7 Å². The fourth-order valence-corrected chi connectivity index (χ4v) is 2.66. The van der Waals surface area contributed by atoms with Crippen LogP contribution in [0.25, 0.3) is 0 Å². The number of ether oxygens (including phenoxy) is 1. The molecule has 1 amide bonds. The van der Waals surface area contributed by atoms with E-state index in [1.807, 2.05) is 24.3 Å². The zero-order chi connectivity index (χ0) is 15.2. The number of hydrogen-bond donors (Lipinski definition) is 1. The van der Waals surface area contributed by atoms with Crippen molar-refractivity contribution >= 4 is 5.91 Å². The predicted molar refractivity (Wildman–Crippen MR) is 81.6 cm³/mol. The van der Waals surface area contributed by atoms with Crippen LogP contribution in [0.5, 0.6) is 5.75 Å². The summed E-state index contributed by atoms with van der Waals surface area (Å²) in [7, 11) is 0. The Morgan fingerprint density at radius 1 is 1.18 bits per heavy atom. The van der Waals surface area contributed by atoms with Crippen LogP contribution in [0.2, 0.25) is 0 Å². The molecule has 3 rings (SSSR count). The van der Waals surface area contributed by atoms with E-state index < -0.39 is 0 Å². The zero-order valence-corrected chi connectivity index (χ0v) is 12.5. The third-order valence-electron chi connectivity index (χ3n) is 3.90. The summed E-state index contributed by atoms with van der Waals surface area (Å²) in [6.45, 7) is 0.454. The fraction of sp³-hybridized carbons (Fsp3) is 0.412. The van der Waals surface area contributed by atoms with Gasteiger partial charge in [0.2, 0.25) is 0 Å². The maximum absolute atomic E-state index is 11.8. The average Bonchev–Trinajstić information content (AvgIpc) is 3.09. The highest BCUT2D eigenvalue weighted by molar-refractivity contribution is 5.91. The maximum Gasteiger partial charge on any atom is 0.273 e. The van der Waals surface area contributed by atoms with Crippen molar-refractivity contribution in [1.82, 2.24) is 10.5 Å². The molecule has 116 valence electrons. The summed E-state index contributed by atoms with van der Waals surface area (Å²) in [4.78, 5) is 11.8. The van der Waals surface area contributed by atoms with E-state index in [2.05, 4.69) is 15.0 Å². The number of benzene rings is 1.